The van der Waals surface area contributed by atoms with Gasteiger partial charge < -0.3 is 10.0 Å². The number of likely N-dealkylation sites (tertiary alicyclic amines) is 1. The average molecular weight is 247 g/mol. The Labute approximate surface area is 111 Å². The van der Waals surface area contributed by atoms with Crippen LogP contribution in [0.1, 0.15) is 37.0 Å². The Kier molecular flexibility index (Phi) is 3.52. The van der Waals surface area contributed by atoms with E-state index < -0.39 is 5.60 Å². The first-order valence-electron chi connectivity index (χ1n) is 6.85. The zero-order valence-electron chi connectivity index (χ0n) is 12.2. The second-order valence-electron chi connectivity index (χ2n) is 6.14. The molecule has 0 aromatic heterocycles. The van der Waals surface area contributed by atoms with Gasteiger partial charge >= 0.3 is 0 Å². The number of hydrogen-bond acceptors (Lipinski definition) is 2. The molecule has 18 heavy (non-hydrogen) atoms. The largest absolute Gasteiger partial charge is 0.385 e. The number of hydrogen-bond donors (Lipinski definition) is 1. The van der Waals surface area contributed by atoms with Gasteiger partial charge in [-0.3, -0.25) is 0 Å². The SMILES string of the molecule is Cc1ccc([C@]2(O)C[C@@H](C)N(C)C[C@H]2C)c(C)c1. The molecule has 0 aliphatic carbocycles. The monoisotopic (exact) mass is 247 g/mol. The lowest BCUT2D eigenvalue weighted by Gasteiger charge is -2.46. The maximum Gasteiger partial charge on any atom is 0.0951 e. The molecule has 0 saturated carbocycles. The van der Waals surface area contributed by atoms with Crippen molar-refractivity contribution in [2.24, 2.45) is 5.92 Å². The highest BCUT2D eigenvalue weighted by Gasteiger charge is 2.42. The van der Waals surface area contributed by atoms with Crippen molar-refractivity contribution >= 4 is 0 Å². The van der Waals surface area contributed by atoms with Gasteiger partial charge in [0.2, 0.25) is 0 Å². The van der Waals surface area contributed by atoms with Gasteiger partial charge in [0.05, 0.1) is 5.60 Å². The highest BCUT2D eigenvalue weighted by atomic mass is 16.3. The molecular weight excluding hydrogens is 222 g/mol. The van der Waals surface area contributed by atoms with Crippen molar-refractivity contribution in [1.29, 1.82) is 0 Å². The first kappa shape index (κ1) is 13.6. The van der Waals surface area contributed by atoms with E-state index in [0.717, 1.165) is 18.5 Å². The summed E-state index contributed by atoms with van der Waals surface area (Å²) in [4.78, 5) is 2.34. The van der Waals surface area contributed by atoms with Crippen molar-refractivity contribution in [3.8, 4) is 0 Å². The molecule has 100 valence electrons. The number of rotatable bonds is 1. The molecule has 0 unspecified atom stereocenters. The number of piperidine rings is 1. The predicted molar refractivity (Wildman–Crippen MR) is 75.7 cm³/mol. The van der Waals surface area contributed by atoms with Gasteiger partial charge in [0, 0.05) is 18.5 Å². The van der Waals surface area contributed by atoms with E-state index in [1.54, 1.807) is 0 Å². The normalized spacial score (nSPS) is 33.7. The smallest absolute Gasteiger partial charge is 0.0951 e. The summed E-state index contributed by atoms with van der Waals surface area (Å²) in [6, 6.07) is 6.81. The first-order valence-corrected chi connectivity index (χ1v) is 6.85. The van der Waals surface area contributed by atoms with Crippen molar-refractivity contribution in [2.45, 2.75) is 45.8 Å². The van der Waals surface area contributed by atoms with Crippen LogP contribution >= 0.6 is 0 Å². The Morgan fingerprint density at radius 2 is 1.94 bits per heavy atom. The van der Waals surface area contributed by atoms with Crippen LogP contribution in [0, 0.1) is 19.8 Å². The predicted octanol–water partition coefficient (Wildman–Crippen LogP) is 2.85. The summed E-state index contributed by atoms with van der Waals surface area (Å²) in [6.07, 6.45) is 0.814. The molecule has 0 bridgehead atoms. The fourth-order valence-corrected chi connectivity index (χ4v) is 3.25. The van der Waals surface area contributed by atoms with Crippen molar-refractivity contribution in [1.82, 2.24) is 4.90 Å². The molecule has 2 nitrogen and oxygen atoms in total. The third kappa shape index (κ3) is 2.19. The van der Waals surface area contributed by atoms with Gasteiger partial charge in [0.25, 0.3) is 0 Å². The third-order valence-corrected chi connectivity index (χ3v) is 4.58. The maximum absolute atomic E-state index is 11.1. The fourth-order valence-electron chi connectivity index (χ4n) is 3.25. The van der Waals surface area contributed by atoms with Crippen LogP contribution in [-0.4, -0.2) is 29.6 Å². The Morgan fingerprint density at radius 1 is 1.28 bits per heavy atom. The third-order valence-electron chi connectivity index (χ3n) is 4.58. The zero-order chi connectivity index (χ0) is 13.5. The van der Waals surface area contributed by atoms with Gasteiger partial charge in [-0.1, -0.05) is 30.7 Å². The quantitative estimate of drug-likeness (QED) is 0.825. The van der Waals surface area contributed by atoms with Gasteiger partial charge in [-0.25, -0.2) is 0 Å². The molecule has 1 aliphatic rings. The Morgan fingerprint density at radius 3 is 2.56 bits per heavy atom. The van der Waals surface area contributed by atoms with Crippen LogP contribution in [-0.2, 0) is 5.60 Å². The van der Waals surface area contributed by atoms with E-state index >= 15 is 0 Å². The van der Waals surface area contributed by atoms with Gasteiger partial charge in [0.15, 0.2) is 0 Å². The lowest BCUT2D eigenvalue weighted by Crippen LogP contribution is -2.51. The van der Waals surface area contributed by atoms with E-state index in [1.165, 1.54) is 11.1 Å². The molecule has 0 amide bonds. The number of aryl methyl sites for hydroxylation is 2. The molecule has 2 heteroatoms. The summed E-state index contributed by atoms with van der Waals surface area (Å²) in [5.41, 5.74) is 2.90. The molecule has 1 aromatic carbocycles. The van der Waals surface area contributed by atoms with Gasteiger partial charge in [0.1, 0.15) is 0 Å². The van der Waals surface area contributed by atoms with Crippen LogP contribution < -0.4 is 0 Å². The minimum Gasteiger partial charge on any atom is -0.385 e. The highest BCUT2D eigenvalue weighted by Crippen LogP contribution is 2.40. The van der Waals surface area contributed by atoms with Crippen LogP contribution in [0.5, 0.6) is 0 Å². The zero-order valence-corrected chi connectivity index (χ0v) is 12.2. The molecule has 1 aliphatic heterocycles. The van der Waals surface area contributed by atoms with Crippen molar-refractivity contribution < 1.29 is 5.11 Å². The standard InChI is InChI=1S/C16H25NO/c1-11-6-7-15(12(2)8-11)16(18)9-14(4)17(5)10-13(16)3/h6-8,13-14,18H,9-10H2,1-5H3/t13-,14-,16+/m1/s1. The maximum atomic E-state index is 11.1. The van der Waals surface area contributed by atoms with E-state index in [0.29, 0.717) is 6.04 Å². The lowest BCUT2D eigenvalue weighted by molar-refractivity contribution is -0.0847. The van der Waals surface area contributed by atoms with E-state index in [-0.39, 0.29) is 5.92 Å². The van der Waals surface area contributed by atoms with Gasteiger partial charge in [-0.05, 0) is 45.4 Å². The summed E-state index contributed by atoms with van der Waals surface area (Å²) in [5, 5.41) is 11.1. The molecule has 1 heterocycles. The summed E-state index contributed by atoms with van der Waals surface area (Å²) < 4.78 is 0. The van der Waals surface area contributed by atoms with Crippen LogP contribution in [0.25, 0.3) is 0 Å². The second-order valence-corrected chi connectivity index (χ2v) is 6.14. The average Bonchev–Trinajstić information content (AvgIpc) is 2.26. The molecule has 1 aromatic rings. The Bertz CT molecular complexity index is 443. The topological polar surface area (TPSA) is 23.5 Å². The minimum atomic E-state index is -0.677. The lowest BCUT2D eigenvalue weighted by atomic mass is 9.73. The minimum absolute atomic E-state index is 0.264. The molecule has 1 saturated heterocycles. The Hall–Kier alpha value is -0.860. The van der Waals surface area contributed by atoms with Crippen molar-refractivity contribution in [3.05, 3.63) is 34.9 Å². The first-order chi connectivity index (χ1) is 8.34. The molecule has 0 spiro atoms. The van der Waals surface area contributed by atoms with E-state index in [4.69, 9.17) is 0 Å². The molecule has 0 radical (unpaired) electrons. The summed E-state index contributed by atoms with van der Waals surface area (Å²) >= 11 is 0. The molecule has 1 N–H and O–H groups in total. The number of nitrogens with zero attached hydrogens (tertiary/aromatic N) is 1. The summed E-state index contributed by atoms with van der Waals surface area (Å²) in [7, 11) is 2.14. The highest BCUT2D eigenvalue weighted by molar-refractivity contribution is 5.36. The van der Waals surface area contributed by atoms with E-state index in [2.05, 4.69) is 57.8 Å². The van der Waals surface area contributed by atoms with E-state index in [1.807, 2.05) is 0 Å². The summed E-state index contributed by atoms with van der Waals surface area (Å²) in [5.74, 6) is 0.264. The van der Waals surface area contributed by atoms with Crippen molar-refractivity contribution in [3.63, 3.8) is 0 Å². The molecule has 2 rings (SSSR count). The fraction of sp³-hybridized carbons (Fsp3) is 0.625. The van der Waals surface area contributed by atoms with Crippen LogP contribution in [0.2, 0.25) is 0 Å². The van der Waals surface area contributed by atoms with Crippen LogP contribution in [0.3, 0.4) is 0 Å². The molecular formula is C16H25NO. The summed E-state index contributed by atoms with van der Waals surface area (Å²) in [6.45, 7) is 9.50. The number of benzene rings is 1. The van der Waals surface area contributed by atoms with E-state index in [9.17, 15) is 5.11 Å². The Balaban J connectivity index is 2.40. The van der Waals surface area contributed by atoms with Crippen LogP contribution in [0.15, 0.2) is 18.2 Å². The number of aliphatic hydroxyl groups is 1. The van der Waals surface area contributed by atoms with Gasteiger partial charge in [-0.15, -0.1) is 0 Å². The molecule has 3 atom stereocenters. The van der Waals surface area contributed by atoms with Crippen LogP contribution in [0.4, 0.5) is 0 Å². The second kappa shape index (κ2) is 4.67. The van der Waals surface area contributed by atoms with Gasteiger partial charge in [-0.2, -0.15) is 0 Å². The molecule has 1 fully saturated rings. The van der Waals surface area contributed by atoms with Crippen molar-refractivity contribution in [2.75, 3.05) is 13.6 Å².